The van der Waals surface area contributed by atoms with Gasteiger partial charge in [-0.05, 0) is 48.2 Å². The lowest BCUT2D eigenvalue weighted by atomic mass is 9.98. The molecule has 1 aliphatic heterocycles. The number of nitrogens with zero attached hydrogens (tertiary/aromatic N) is 4. The van der Waals surface area contributed by atoms with Crippen LogP contribution in [-0.2, 0) is 6.42 Å². The molecule has 0 radical (unpaired) electrons. The molecule has 1 unspecified atom stereocenters. The number of methoxy groups -OCH3 is 1. The van der Waals surface area contributed by atoms with E-state index >= 15 is 0 Å². The molecule has 0 saturated carbocycles. The Morgan fingerprint density at radius 3 is 2.65 bits per heavy atom. The van der Waals surface area contributed by atoms with Gasteiger partial charge in [-0.3, -0.25) is 4.99 Å². The summed E-state index contributed by atoms with van der Waals surface area (Å²) in [4.78, 5) is 6.85. The number of guanidine groups is 1. The van der Waals surface area contributed by atoms with Gasteiger partial charge in [-0.15, -0.1) is 24.0 Å². The largest absolute Gasteiger partial charge is 0.497 e. The summed E-state index contributed by atoms with van der Waals surface area (Å²) in [5.41, 5.74) is 3.65. The van der Waals surface area contributed by atoms with Crippen LogP contribution in [0.1, 0.15) is 23.5 Å². The number of hydrogen-bond donors (Lipinski definition) is 1. The molecule has 1 aliphatic rings. The minimum atomic E-state index is 0. The zero-order valence-electron chi connectivity index (χ0n) is 18.1. The Hall–Kier alpha value is -2.55. The number of aliphatic imine (C=N–C) groups is 1. The highest BCUT2D eigenvalue weighted by Gasteiger charge is 2.26. The van der Waals surface area contributed by atoms with E-state index in [2.05, 4.69) is 50.8 Å². The smallest absolute Gasteiger partial charge is 0.193 e. The van der Waals surface area contributed by atoms with Gasteiger partial charge in [0.15, 0.2) is 5.96 Å². The molecule has 0 amide bonds. The quantitative estimate of drug-likeness (QED) is 0.296. The van der Waals surface area contributed by atoms with Crippen LogP contribution in [0.3, 0.4) is 0 Å². The minimum absolute atomic E-state index is 0. The molecule has 1 fully saturated rings. The monoisotopic (exact) mass is 531 g/mol. The van der Waals surface area contributed by atoms with E-state index in [9.17, 15) is 0 Å². The van der Waals surface area contributed by atoms with Crippen LogP contribution in [0.2, 0.25) is 0 Å². The molecule has 2 aromatic carbocycles. The molecule has 31 heavy (non-hydrogen) atoms. The first-order valence-corrected chi connectivity index (χ1v) is 10.5. The molecule has 1 N–H and O–H groups in total. The third-order valence-electron chi connectivity index (χ3n) is 5.64. The first-order valence-electron chi connectivity index (χ1n) is 10.5. The van der Waals surface area contributed by atoms with Crippen LogP contribution in [0.25, 0.3) is 5.69 Å². The number of para-hydroxylation sites is 1. The third kappa shape index (κ3) is 5.78. The zero-order chi connectivity index (χ0) is 20.8. The van der Waals surface area contributed by atoms with E-state index in [1.54, 1.807) is 7.11 Å². The first kappa shape index (κ1) is 23.1. The van der Waals surface area contributed by atoms with Gasteiger partial charge >= 0.3 is 0 Å². The molecule has 7 heteroatoms. The fraction of sp³-hybridized carbons (Fsp3) is 0.333. The van der Waals surface area contributed by atoms with Gasteiger partial charge in [0.25, 0.3) is 0 Å². The summed E-state index contributed by atoms with van der Waals surface area (Å²) in [6.07, 6.45) is 6.07. The number of halogens is 1. The van der Waals surface area contributed by atoms with E-state index in [0.717, 1.165) is 49.9 Å². The van der Waals surface area contributed by atoms with Crippen LogP contribution in [0.15, 0.2) is 72.0 Å². The highest BCUT2D eigenvalue weighted by molar-refractivity contribution is 14.0. The van der Waals surface area contributed by atoms with Crippen molar-refractivity contribution in [1.29, 1.82) is 0 Å². The fourth-order valence-electron chi connectivity index (χ4n) is 3.96. The average molecular weight is 531 g/mol. The SMILES string of the molecule is CN=C(NCCc1cnn(-c2ccccc2)c1)N1CCC(c2ccc(OC)cc2)C1.I. The summed E-state index contributed by atoms with van der Waals surface area (Å²) < 4.78 is 7.19. The van der Waals surface area contributed by atoms with Gasteiger partial charge in [0.1, 0.15) is 5.75 Å². The maximum atomic E-state index is 5.27. The molecule has 1 saturated heterocycles. The van der Waals surface area contributed by atoms with Crippen LogP contribution < -0.4 is 10.1 Å². The molecule has 6 nitrogen and oxygen atoms in total. The van der Waals surface area contributed by atoms with E-state index in [1.807, 2.05) is 48.3 Å². The van der Waals surface area contributed by atoms with Crippen molar-refractivity contribution in [2.75, 3.05) is 33.8 Å². The van der Waals surface area contributed by atoms with Crippen molar-refractivity contribution in [3.05, 3.63) is 78.1 Å². The zero-order valence-corrected chi connectivity index (χ0v) is 20.4. The summed E-state index contributed by atoms with van der Waals surface area (Å²) >= 11 is 0. The number of ether oxygens (including phenoxy) is 1. The minimum Gasteiger partial charge on any atom is -0.497 e. The van der Waals surface area contributed by atoms with Crippen molar-refractivity contribution in [2.24, 2.45) is 4.99 Å². The van der Waals surface area contributed by atoms with E-state index in [-0.39, 0.29) is 24.0 Å². The maximum absolute atomic E-state index is 5.27. The Morgan fingerprint density at radius 2 is 1.94 bits per heavy atom. The summed E-state index contributed by atoms with van der Waals surface area (Å²) in [6, 6.07) is 18.6. The van der Waals surface area contributed by atoms with Crippen LogP contribution in [-0.4, -0.2) is 54.4 Å². The second-order valence-electron chi connectivity index (χ2n) is 7.56. The topological polar surface area (TPSA) is 54.7 Å². The number of rotatable bonds is 6. The molecule has 1 aromatic heterocycles. The standard InChI is InChI=1S/C24H29N5O.HI/c1-25-24(28-15-13-21(18-28)20-8-10-23(30-2)11-9-20)26-14-12-19-16-27-29(17-19)22-6-4-3-5-7-22;/h3-11,16-17,21H,12-15,18H2,1-2H3,(H,25,26);1H. The van der Waals surface area contributed by atoms with Crippen molar-refractivity contribution in [3.63, 3.8) is 0 Å². The lowest BCUT2D eigenvalue weighted by Crippen LogP contribution is -2.40. The third-order valence-corrected chi connectivity index (χ3v) is 5.64. The lowest BCUT2D eigenvalue weighted by molar-refractivity contribution is 0.414. The molecule has 2 heterocycles. The number of nitrogens with one attached hydrogen (secondary N) is 1. The summed E-state index contributed by atoms with van der Waals surface area (Å²) in [6.45, 7) is 2.83. The first-order chi connectivity index (χ1) is 14.8. The Kier molecular flexibility index (Phi) is 8.34. The van der Waals surface area contributed by atoms with Gasteiger partial charge in [0.05, 0.1) is 19.0 Å². The predicted octanol–water partition coefficient (Wildman–Crippen LogP) is 4.11. The number of likely N-dealkylation sites (tertiary alicyclic amines) is 1. The van der Waals surface area contributed by atoms with Crippen LogP contribution in [0, 0.1) is 0 Å². The Balaban J connectivity index is 0.00000272. The highest BCUT2D eigenvalue weighted by Crippen LogP contribution is 2.28. The molecule has 4 rings (SSSR count). The molecule has 164 valence electrons. The van der Waals surface area contributed by atoms with Gasteiger partial charge in [-0.2, -0.15) is 5.10 Å². The van der Waals surface area contributed by atoms with E-state index < -0.39 is 0 Å². The summed E-state index contributed by atoms with van der Waals surface area (Å²) in [5.74, 6) is 2.40. The van der Waals surface area contributed by atoms with Crippen molar-refractivity contribution < 1.29 is 4.74 Å². The van der Waals surface area contributed by atoms with E-state index in [0.29, 0.717) is 5.92 Å². The van der Waals surface area contributed by atoms with Crippen LogP contribution >= 0.6 is 24.0 Å². The Labute approximate surface area is 201 Å². The van der Waals surface area contributed by atoms with Gasteiger partial charge in [0, 0.05) is 38.8 Å². The van der Waals surface area contributed by atoms with Crippen molar-refractivity contribution in [2.45, 2.75) is 18.8 Å². The predicted molar refractivity (Wildman–Crippen MR) is 136 cm³/mol. The molecule has 0 spiro atoms. The van der Waals surface area contributed by atoms with Gasteiger partial charge in [-0.1, -0.05) is 30.3 Å². The van der Waals surface area contributed by atoms with Gasteiger partial charge < -0.3 is 15.0 Å². The summed E-state index contributed by atoms with van der Waals surface area (Å²) in [5, 5.41) is 7.99. The molecule has 0 aliphatic carbocycles. The number of hydrogen-bond acceptors (Lipinski definition) is 3. The number of benzene rings is 2. The molecule has 3 aromatic rings. The van der Waals surface area contributed by atoms with Crippen molar-refractivity contribution in [1.82, 2.24) is 20.0 Å². The van der Waals surface area contributed by atoms with Crippen LogP contribution in [0.4, 0.5) is 0 Å². The highest BCUT2D eigenvalue weighted by atomic mass is 127. The summed E-state index contributed by atoms with van der Waals surface area (Å²) in [7, 11) is 3.56. The maximum Gasteiger partial charge on any atom is 0.193 e. The lowest BCUT2D eigenvalue weighted by Gasteiger charge is -2.21. The molecular formula is C24H30IN5O. The Bertz CT molecular complexity index is 971. The van der Waals surface area contributed by atoms with Crippen LogP contribution in [0.5, 0.6) is 5.75 Å². The van der Waals surface area contributed by atoms with Gasteiger partial charge in [0.2, 0.25) is 0 Å². The molecule has 1 atom stereocenters. The molecule has 0 bridgehead atoms. The molecular weight excluding hydrogens is 501 g/mol. The normalized spacial score (nSPS) is 16.1. The second-order valence-corrected chi connectivity index (χ2v) is 7.56. The van der Waals surface area contributed by atoms with Gasteiger partial charge in [-0.25, -0.2) is 4.68 Å². The number of aromatic nitrogens is 2. The van der Waals surface area contributed by atoms with E-state index in [1.165, 1.54) is 11.1 Å². The Morgan fingerprint density at radius 1 is 1.16 bits per heavy atom. The van der Waals surface area contributed by atoms with Crippen molar-refractivity contribution in [3.8, 4) is 11.4 Å². The second kappa shape index (κ2) is 11.2. The van der Waals surface area contributed by atoms with E-state index in [4.69, 9.17) is 4.74 Å². The van der Waals surface area contributed by atoms with Crippen molar-refractivity contribution >= 4 is 29.9 Å². The average Bonchev–Trinajstić information content (AvgIpc) is 3.48. The fourth-order valence-corrected chi connectivity index (χ4v) is 3.96.